The van der Waals surface area contributed by atoms with E-state index in [0.717, 1.165) is 10.9 Å². The molecule has 88 valence electrons. The van der Waals surface area contributed by atoms with Crippen LogP contribution in [0.3, 0.4) is 0 Å². The number of halogens is 3. The largest absolute Gasteiger partial charge is 0.439 e. The van der Waals surface area contributed by atoms with Gasteiger partial charge in [-0.3, -0.25) is 0 Å². The Labute approximate surface area is 115 Å². The van der Waals surface area contributed by atoms with E-state index in [1.54, 1.807) is 24.4 Å². The molecule has 0 radical (unpaired) electrons. The van der Waals surface area contributed by atoms with Crippen molar-refractivity contribution >= 4 is 31.9 Å². The Bertz CT molecular complexity index is 516. The lowest BCUT2D eigenvalue weighted by Gasteiger charge is -2.05. The zero-order valence-electron chi connectivity index (χ0n) is 8.66. The standard InChI is InChI=1S/C12H8Br2FNO/c13-6-8-1-4-12(16-7-8)17-9-2-3-10(14)11(15)5-9/h1-5,7H,6H2. The molecule has 0 fully saturated rings. The van der Waals surface area contributed by atoms with Crippen molar-refractivity contribution in [2.45, 2.75) is 5.33 Å². The highest BCUT2D eigenvalue weighted by Gasteiger charge is 2.03. The van der Waals surface area contributed by atoms with Crippen LogP contribution in [0.4, 0.5) is 4.39 Å². The van der Waals surface area contributed by atoms with Crippen molar-refractivity contribution in [2.24, 2.45) is 0 Å². The third-order valence-corrected chi connectivity index (χ3v) is 3.36. The molecule has 2 rings (SSSR count). The molecular formula is C12H8Br2FNO. The van der Waals surface area contributed by atoms with Crippen molar-refractivity contribution in [3.05, 3.63) is 52.4 Å². The molecule has 0 amide bonds. The summed E-state index contributed by atoms with van der Waals surface area (Å²) in [6.07, 6.45) is 1.71. The van der Waals surface area contributed by atoms with Gasteiger partial charge in [0.1, 0.15) is 11.6 Å². The van der Waals surface area contributed by atoms with Gasteiger partial charge in [-0.25, -0.2) is 9.37 Å². The summed E-state index contributed by atoms with van der Waals surface area (Å²) in [5.41, 5.74) is 1.05. The fourth-order valence-corrected chi connectivity index (χ4v) is 1.79. The molecule has 1 aromatic carbocycles. The van der Waals surface area contributed by atoms with E-state index < -0.39 is 0 Å². The summed E-state index contributed by atoms with van der Waals surface area (Å²) in [4.78, 5) is 4.11. The van der Waals surface area contributed by atoms with Gasteiger partial charge in [-0.15, -0.1) is 0 Å². The minimum absolute atomic E-state index is 0.362. The average Bonchev–Trinajstić information content (AvgIpc) is 2.35. The van der Waals surface area contributed by atoms with Crippen LogP contribution in [0.25, 0.3) is 0 Å². The minimum atomic E-state index is -0.362. The van der Waals surface area contributed by atoms with Crippen LogP contribution in [-0.2, 0) is 5.33 Å². The molecule has 0 saturated heterocycles. The number of benzene rings is 1. The third-order valence-electron chi connectivity index (χ3n) is 2.07. The Kier molecular flexibility index (Phi) is 4.12. The molecule has 17 heavy (non-hydrogen) atoms. The highest BCUT2D eigenvalue weighted by Crippen LogP contribution is 2.24. The lowest BCUT2D eigenvalue weighted by atomic mass is 10.3. The lowest BCUT2D eigenvalue weighted by Crippen LogP contribution is -1.89. The fraction of sp³-hybridized carbons (Fsp3) is 0.0833. The first-order valence-electron chi connectivity index (χ1n) is 4.83. The van der Waals surface area contributed by atoms with E-state index in [-0.39, 0.29) is 5.82 Å². The molecular weight excluding hydrogens is 353 g/mol. The van der Waals surface area contributed by atoms with Gasteiger partial charge < -0.3 is 4.74 Å². The Morgan fingerprint density at radius 3 is 2.65 bits per heavy atom. The maximum Gasteiger partial charge on any atom is 0.219 e. The number of aromatic nitrogens is 1. The molecule has 0 aliphatic heterocycles. The van der Waals surface area contributed by atoms with Crippen molar-refractivity contribution in [1.29, 1.82) is 0 Å². The van der Waals surface area contributed by atoms with Gasteiger partial charge in [0.25, 0.3) is 0 Å². The lowest BCUT2D eigenvalue weighted by molar-refractivity contribution is 0.457. The van der Waals surface area contributed by atoms with Crippen molar-refractivity contribution in [3.8, 4) is 11.6 Å². The molecule has 0 aliphatic carbocycles. The van der Waals surface area contributed by atoms with Crippen LogP contribution in [0, 0.1) is 5.82 Å². The van der Waals surface area contributed by atoms with Crippen LogP contribution >= 0.6 is 31.9 Å². The molecule has 0 atom stereocenters. The Balaban J connectivity index is 2.16. The molecule has 0 aliphatic rings. The Morgan fingerprint density at radius 2 is 2.06 bits per heavy atom. The maximum atomic E-state index is 13.2. The van der Waals surface area contributed by atoms with Gasteiger partial charge in [0, 0.05) is 23.7 Å². The summed E-state index contributed by atoms with van der Waals surface area (Å²) >= 11 is 6.41. The van der Waals surface area contributed by atoms with Gasteiger partial charge in [0.05, 0.1) is 4.47 Å². The highest BCUT2D eigenvalue weighted by atomic mass is 79.9. The van der Waals surface area contributed by atoms with Gasteiger partial charge in [-0.1, -0.05) is 22.0 Å². The van der Waals surface area contributed by atoms with Crippen molar-refractivity contribution in [3.63, 3.8) is 0 Å². The van der Waals surface area contributed by atoms with E-state index in [1.165, 1.54) is 6.07 Å². The van der Waals surface area contributed by atoms with Crippen LogP contribution < -0.4 is 4.74 Å². The number of rotatable bonds is 3. The summed E-state index contributed by atoms with van der Waals surface area (Å²) in [5, 5.41) is 0.743. The summed E-state index contributed by atoms with van der Waals surface area (Å²) < 4.78 is 19.1. The van der Waals surface area contributed by atoms with E-state index in [4.69, 9.17) is 4.74 Å². The van der Waals surface area contributed by atoms with Crippen LogP contribution in [0.5, 0.6) is 11.6 Å². The second kappa shape index (κ2) is 5.60. The first-order valence-corrected chi connectivity index (χ1v) is 6.74. The van der Waals surface area contributed by atoms with Gasteiger partial charge >= 0.3 is 0 Å². The molecule has 0 N–H and O–H groups in total. The monoisotopic (exact) mass is 359 g/mol. The van der Waals surface area contributed by atoms with Crippen LogP contribution in [0.2, 0.25) is 0 Å². The number of ether oxygens (including phenoxy) is 1. The molecule has 2 aromatic rings. The van der Waals surface area contributed by atoms with Crippen LogP contribution in [0.1, 0.15) is 5.56 Å². The summed E-state index contributed by atoms with van der Waals surface area (Å²) in [6.45, 7) is 0. The molecule has 1 aromatic heterocycles. The SMILES string of the molecule is Fc1cc(Oc2ccc(CBr)cn2)ccc1Br. The topological polar surface area (TPSA) is 22.1 Å². The molecule has 5 heteroatoms. The second-order valence-electron chi connectivity index (χ2n) is 3.32. The number of pyridine rings is 1. The molecule has 0 spiro atoms. The fourth-order valence-electron chi connectivity index (χ4n) is 1.21. The van der Waals surface area contributed by atoms with Crippen molar-refractivity contribution in [2.75, 3.05) is 0 Å². The van der Waals surface area contributed by atoms with Crippen LogP contribution in [-0.4, -0.2) is 4.98 Å². The third kappa shape index (κ3) is 3.26. The van der Waals surface area contributed by atoms with Gasteiger partial charge in [0.15, 0.2) is 0 Å². The minimum Gasteiger partial charge on any atom is -0.439 e. The number of hydrogen-bond donors (Lipinski definition) is 0. The zero-order valence-corrected chi connectivity index (χ0v) is 11.8. The van der Waals surface area contributed by atoms with Crippen LogP contribution in [0.15, 0.2) is 41.0 Å². The molecule has 2 nitrogen and oxygen atoms in total. The van der Waals surface area contributed by atoms with Gasteiger partial charge in [-0.05, 0) is 33.6 Å². The van der Waals surface area contributed by atoms with E-state index in [1.807, 2.05) is 6.07 Å². The van der Waals surface area contributed by atoms with E-state index in [2.05, 4.69) is 36.8 Å². The molecule has 0 unspecified atom stereocenters. The van der Waals surface area contributed by atoms with Gasteiger partial charge in [-0.2, -0.15) is 0 Å². The number of alkyl halides is 1. The number of hydrogen-bond acceptors (Lipinski definition) is 2. The smallest absolute Gasteiger partial charge is 0.219 e. The first kappa shape index (κ1) is 12.5. The predicted octanol–water partition coefficient (Wildman–Crippen LogP) is 4.67. The zero-order chi connectivity index (χ0) is 12.3. The normalized spacial score (nSPS) is 10.3. The molecule has 0 bridgehead atoms. The average molecular weight is 361 g/mol. The van der Waals surface area contributed by atoms with E-state index in [0.29, 0.717) is 16.1 Å². The number of nitrogens with zero attached hydrogens (tertiary/aromatic N) is 1. The van der Waals surface area contributed by atoms with Crippen molar-refractivity contribution < 1.29 is 9.13 Å². The predicted molar refractivity (Wildman–Crippen MR) is 71.0 cm³/mol. The molecule has 0 saturated carbocycles. The Hall–Kier alpha value is -0.940. The maximum absolute atomic E-state index is 13.2. The second-order valence-corrected chi connectivity index (χ2v) is 4.73. The Morgan fingerprint density at radius 1 is 1.24 bits per heavy atom. The van der Waals surface area contributed by atoms with E-state index in [9.17, 15) is 4.39 Å². The summed E-state index contributed by atoms with van der Waals surface area (Å²) in [6, 6.07) is 8.22. The molecule has 1 heterocycles. The highest BCUT2D eigenvalue weighted by molar-refractivity contribution is 9.10. The van der Waals surface area contributed by atoms with E-state index >= 15 is 0 Å². The quantitative estimate of drug-likeness (QED) is 0.742. The summed E-state index contributed by atoms with van der Waals surface area (Å²) in [7, 11) is 0. The van der Waals surface area contributed by atoms with Gasteiger partial charge in [0.2, 0.25) is 5.88 Å². The first-order chi connectivity index (χ1) is 8.19. The van der Waals surface area contributed by atoms with Crippen molar-refractivity contribution in [1.82, 2.24) is 4.98 Å². The summed E-state index contributed by atoms with van der Waals surface area (Å²) in [5.74, 6) is 0.501.